The molecule has 6 nitrogen and oxygen atoms in total. The van der Waals surface area contributed by atoms with Crippen molar-refractivity contribution in [3.63, 3.8) is 0 Å². The lowest BCUT2D eigenvalue weighted by Crippen LogP contribution is -2.28. The van der Waals surface area contributed by atoms with Gasteiger partial charge in [-0.3, -0.25) is 0 Å². The van der Waals surface area contributed by atoms with Crippen molar-refractivity contribution in [3.05, 3.63) is 58.8 Å². The number of nitrogens with zero attached hydrogens (tertiary/aromatic N) is 2. The highest BCUT2D eigenvalue weighted by Crippen LogP contribution is 2.35. The van der Waals surface area contributed by atoms with Crippen LogP contribution < -0.4 is 21.1 Å². The molecule has 32 heavy (non-hydrogen) atoms. The number of nitrogens with one attached hydrogen (secondary N) is 2. The summed E-state index contributed by atoms with van der Waals surface area (Å²) in [7, 11) is 0. The number of nitrogens with two attached hydrogens (primary N) is 1. The number of halogens is 3. The molecule has 170 valence electrons. The molecule has 1 saturated heterocycles. The second kappa shape index (κ2) is 8.91. The van der Waals surface area contributed by atoms with Gasteiger partial charge < -0.3 is 21.1 Å². The fourth-order valence-electron chi connectivity index (χ4n) is 4.08. The second-order valence-corrected chi connectivity index (χ2v) is 8.09. The summed E-state index contributed by atoms with van der Waals surface area (Å²) in [6.45, 7) is 4.83. The number of anilines is 1. The molecule has 0 saturated carbocycles. The Morgan fingerprint density at radius 1 is 1.19 bits per heavy atom. The summed E-state index contributed by atoms with van der Waals surface area (Å²) in [5.41, 5.74) is 6.72. The van der Waals surface area contributed by atoms with Crippen LogP contribution in [0.15, 0.2) is 36.4 Å². The fourth-order valence-corrected chi connectivity index (χ4v) is 4.08. The molecule has 0 radical (unpaired) electrons. The van der Waals surface area contributed by atoms with E-state index in [0.29, 0.717) is 29.8 Å². The van der Waals surface area contributed by atoms with Crippen molar-refractivity contribution in [2.24, 2.45) is 5.73 Å². The number of aromatic nitrogens is 2. The third-order valence-electron chi connectivity index (χ3n) is 5.86. The van der Waals surface area contributed by atoms with Gasteiger partial charge in [-0.25, -0.2) is 0 Å². The molecule has 2 heterocycles. The van der Waals surface area contributed by atoms with Crippen LogP contribution in [0.25, 0.3) is 10.8 Å². The molecule has 0 amide bonds. The molecule has 1 aliphatic heterocycles. The molecule has 2 aromatic carbocycles. The molecular formula is C23H26F3N5O. The van der Waals surface area contributed by atoms with E-state index in [1.807, 2.05) is 25.1 Å². The number of rotatable bonds is 6. The van der Waals surface area contributed by atoms with Gasteiger partial charge in [0.1, 0.15) is 18.5 Å². The van der Waals surface area contributed by atoms with E-state index in [4.69, 9.17) is 10.5 Å². The number of hydrogen-bond donors (Lipinski definition) is 3. The van der Waals surface area contributed by atoms with Gasteiger partial charge in [0.15, 0.2) is 5.82 Å². The van der Waals surface area contributed by atoms with Crippen LogP contribution in [0.3, 0.4) is 0 Å². The summed E-state index contributed by atoms with van der Waals surface area (Å²) in [6, 6.07) is 9.97. The summed E-state index contributed by atoms with van der Waals surface area (Å²) in [5, 5.41) is 16.4. The van der Waals surface area contributed by atoms with Gasteiger partial charge in [-0.05, 0) is 68.6 Å². The van der Waals surface area contributed by atoms with Gasteiger partial charge in [-0.15, -0.1) is 5.10 Å². The first kappa shape index (κ1) is 22.3. The van der Waals surface area contributed by atoms with Crippen LogP contribution in [0.4, 0.5) is 19.0 Å². The maximum atomic E-state index is 13.3. The lowest BCUT2D eigenvalue weighted by atomic mass is 10.00. The Morgan fingerprint density at radius 3 is 2.72 bits per heavy atom. The molecule has 0 spiro atoms. The number of alkyl halides is 3. The first-order chi connectivity index (χ1) is 15.2. The quantitative estimate of drug-likeness (QED) is 0.486. The van der Waals surface area contributed by atoms with Crippen LogP contribution >= 0.6 is 0 Å². The monoisotopic (exact) mass is 445 g/mol. The van der Waals surface area contributed by atoms with E-state index in [2.05, 4.69) is 20.8 Å². The summed E-state index contributed by atoms with van der Waals surface area (Å²) >= 11 is 0. The topological polar surface area (TPSA) is 85.1 Å². The third-order valence-corrected chi connectivity index (χ3v) is 5.86. The first-order valence-electron chi connectivity index (χ1n) is 10.6. The smallest absolute Gasteiger partial charge is 0.416 e. The van der Waals surface area contributed by atoms with Gasteiger partial charge in [0.05, 0.1) is 11.3 Å². The maximum absolute atomic E-state index is 13.3. The molecule has 3 aromatic rings. The Kier molecular flexibility index (Phi) is 6.21. The van der Waals surface area contributed by atoms with Crippen LogP contribution in [0.5, 0.6) is 5.75 Å². The van der Waals surface area contributed by atoms with Crippen molar-refractivity contribution in [2.75, 3.05) is 18.5 Å². The molecule has 1 aromatic heterocycles. The Labute approximate surface area is 184 Å². The maximum Gasteiger partial charge on any atom is 0.416 e. The largest absolute Gasteiger partial charge is 0.492 e. The molecule has 9 heteroatoms. The highest BCUT2D eigenvalue weighted by atomic mass is 19.4. The Balaban J connectivity index is 1.62. The summed E-state index contributed by atoms with van der Waals surface area (Å²) in [6.07, 6.45) is -3.13. The predicted octanol–water partition coefficient (Wildman–Crippen LogP) is 4.47. The van der Waals surface area contributed by atoms with Crippen molar-refractivity contribution >= 4 is 16.6 Å². The van der Waals surface area contributed by atoms with Gasteiger partial charge in [0.2, 0.25) is 0 Å². The number of benzene rings is 2. The third kappa shape index (κ3) is 4.63. The molecule has 4 N–H and O–H groups in total. The Morgan fingerprint density at radius 2 is 2.00 bits per heavy atom. The second-order valence-electron chi connectivity index (χ2n) is 8.09. The van der Waals surface area contributed by atoms with Crippen LogP contribution in [-0.4, -0.2) is 29.4 Å². The highest BCUT2D eigenvalue weighted by molar-refractivity contribution is 5.94. The molecule has 0 bridgehead atoms. The lowest BCUT2D eigenvalue weighted by Gasteiger charge is -2.21. The zero-order valence-corrected chi connectivity index (χ0v) is 18.0. The van der Waals surface area contributed by atoms with E-state index >= 15 is 0 Å². The Hall–Kier alpha value is -2.91. The minimum absolute atomic E-state index is 0.0810. The van der Waals surface area contributed by atoms with Gasteiger partial charge in [-0.2, -0.15) is 18.3 Å². The summed E-state index contributed by atoms with van der Waals surface area (Å²) in [5.74, 6) is 1.07. The van der Waals surface area contributed by atoms with Crippen LogP contribution in [-0.2, 0) is 6.18 Å². The van der Waals surface area contributed by atoms with E-state index in [9.17, 15) is 13.2 Å². The number of fused-ring (bicyclic) bond motifs is 1. The van der Waals surface area contributed by atoms with E-state index in [0.717, 1.165) is 41.9 Å². The average Bonchev–Trinajstić information content (AvgIpc) is 3.27. The molecular weight excluding hydrogens is 419 g/mol. The van der Waals surface area contributed by atoms with Crippen LogP contribution in [0.2, 0.25) is 0 Å². The molecule has 0 unspecified atom stereocenters. The van der Waals surface area contributed by atoms with Crippen molar-refractivity contribution < 1.29 is 17.9 Å². The first-order valence-corrected chi connectivity index (χ1v) is 10.6. The molecule has 2 atom stereocenters. The van der Waals surface area contributed by atoms with Crippen molar-refractivity contribution in [3.8, 4) is 5.75 Å². The molecule has 1 aliphatic rings. The highest BCUT2D eigenvalue weighted by Gasteiger charge is 2.33. The van der Waals surface area contributed by atoms with E-state index in [1.54, 1.807) is 6.07 Å². The summed E-state index contributed by atoms with van der Waals surface area (Å²) in [4.78, 5) is 0. The van der Waals surface area contributed by atoms with E-state index in [1.165, 1.54) is 13.0 Å². The number of ether oxygens (including phenoxy) is 1. The fraction of sp³-hybridized carbons (Fsp3) is 0.391. The zero-order valence-electron chi connectivity index (χ0n) is 18.0. The van der Waals surface area contributed by atoms with Crippen molar-refractivity contribution in [1.82, 2.24) is 15.5 Å². The normalized spacial score (nSPS) is 17.5. The average molecular weight is 445 g/mol. The number of aryl methyl sites for hydroxylation is 1. The van der Waals surface area contributed by atoms with Gasteiger partial charge in [0, 0.05) is 16.8 Å². The summed E-state index contributed by atoms with van der Waals surface area (Å²) < 4.78 is 45.9. The van der Waals surface area contributed by atoms with Crippen molar-refractivity contribution in [1.29, 1.82) is 0 Å². The molecule has 4 rings (SSSR count). The van der Waals surface area contributed by atoms with Crippen LogP contribution in [0, 0.1) is 13.8 Å². The molecule has 1 fully saturated rings. The number of hydrogen-bond acceptors (Lipinski definition) is 6. The van der Waals surface area contributed by atoms with E-state index in [-0.39, 0.29) is 5.56 Å². The van der Waals surface area contributed by atoms with Crippen molar-refractivity contribution in [2.45, 2.75) is 45.1 Å². The standard InChI is InChI=1S/C23H26F3N5O/c1-13-17(6-3-7-20(13)23(24,25)26)21(27)29-22-19-11-16(32-12-15-5-4-10-28-15)8-9-18(19)14(2)30-31-22/h3,6-9,11,15,21,28H,4-5,10,12,27H2,1-2H3,(H,29,31)/t15-,21-/m0/s1. The molecule has 0 aliphatic carbocycles. The lowest BCUT2D eigenvalue weighted by molar-refractivity contribution is -0.138. The SMILES string of the molecule is Cc1c([C@@H](N)Nc2nnc(C)c3ccc(OC[C@@H]4CCCN4)cc23)cccc1C(F)(F)F. The Bertz CT molecular complexity index is 1110. The minimum atomic E-state index is -4.45. The van der Waals surface area contributed by atoms with E-state index < -0.39 is 17.9 Å². The van der Waals surface area contributed by atoms with Gasteiger partial charge in [-0.1, -0.05) is 12.1 Å². The van der Waals surface area contributed by atoms with Crippen LogP contribution in [0.1, 0.15) is 41.4 Å². The van der Waals surface area contributed by atoms with Gasteiger partial charge in [0.25, 0.3) is 0 Å². The zero-order chi connectivity index (χ0) is 22.9. The minimum Gasteiger partial charge on any atom is -0.492 e. The van der Waals surface area contributed by atoms with Gasteiger partial charge >= 0.3 is 6.18 Å². The predicted molar refractivity (Wildman–Crippen MR) is 118 cm³/mol.